The highest BCUT2D eigenvalue weighted by molar-refractivity contribution is 5.91. The number of aromatic nitrogens is 4. The number of ether oxygens (including phenoxy) is 1. The van der Waals surface area contributed by atoms with Gasteiger partial charge in [0.2, 0.25) is 5.95 Å². The van der Waals surface area contributed by atoms with Gasteiger partial charge in [-0.15, -0.1) is 0 Å². The van der Waals surface area contributed by atoms with Gasteiger partial charge in [0.1, 0.15) is 5.75 Å². The van der Waals surface area contributed by atoms with Gasteiger partial charge in [-0.05, 0) is 49.4 Å². The van der Waals surface area contributed by atoms with Gasteiger partial charge < -0.3 is 10.1 Å². The SMILES string of the molecule is CCOc1ccc(Nc2nc3nccc(-c4ccccn4)c3c(=O)[nH]2)cc1. The molecule has 4 aromatic rings. The Bertz CT molecular complexity index is 1120. The second kappa shape index (κ2) is 7.25. The Balaban J connectivity index is 1.71. The lowest BCUT2D eigenvalue weighted by Crippen LogP contribution is -2.13. The van der Waals surface area contributed by atoms with Crippen LogP contribution in [0.4, 0.5) is 11.6 Å². The quantitative estimate of drug-likeness (QED) is 0.566. The minimum absolute atomic E-state index is 0.276. The van der Waals surface area contributed by atoms with E-state index >= 15 is 0 Å². The summed E-state index contributed by atoms with van der Waals surface area (Å²) in [5.41, 5.74) is 2.26. The number of pyridine rings is 2. The molecule has 0 aliphatic rings. The number of nitrogens with zero attached hydrogens (tertiary/aromatic N) is 3. The number of nitrogens with one attached hydrogen (secondary N) is 2. The summed E-state index contributed by atoms with van der Waals surface area (Å²) in [6.07, 6.45) is 3.31. The van der Waals surface area contributed by atoms with E-state index in [2.05, 4.69) is 25.3 Å². The minimum atomic E-state index is -0.276. The molecule has 0 fully saturated rings. The summed E-state index contributed by atoms with van der Waals surface area (Å²) in [7, 11) is 0. The summed E-state index contributed by atoms with van der Waals surface area (Å²) < 4.78 is 5.43. The number of benzene rings is 1. The van der Waals surface area contributed by atoms with Crippen LogP contribution in [0.3, 0.4) is 0 Å². The molecule has 7 heteroatoms. The molecular weight excluding hydrogens is 342 g/mol. The number of hydrogen-bond donors (Lipinski definition) is 2. The van der Waals surface area contributed by atoms with E-state index in [4.69, 9.17) is 4.74 Å². The normalized spacial score (nSPS) is 10.7. The molecule has 0 radical (unpaired) electrons. The molecule has 0 spiro atoms. The van der Waals surface area contributed by atoms with Crippen molar-refractivity contribution in [2.45, 2.75) is 6.92 Å². The third-order valence-electron chi connectivity index (χ3n) is 3.98. The maximum atomic E-state index is 12.7. The molecule has 134 valence electrons. The van der Waals surface area contributed by atoms with Gasteiger partial charge >= 0.3 is 0 Å². The van der Waals surface area contributed by atoms with Crippen molar-refractivity contribution in [2.24, 2.45) is 0 Å². The van der Waals surface area contributed by atoms with Crippen molar-refractivity contribution in [2.75, 3.05) is 11.9 Å². The first-order valence-electron chi connectivity index (χ1n) is 8.55. The number of anilines is 2. The lowest BCUT2D eigenvalue weighted by atomic mass is 10.1. The fourth-order valence-electron chi connectivity index (χ4n) is 2.80. The van der Waals surface area contributed by atoms with Crippen molar-refractivity contribution < 1.29 is 4.74 Å². The molecule has 0 saturated heterocycles. The summed E-state index contributed by atoms with van der Waals surface area (Å²) in [5, 5.41) is 3.50. The third-order valence-corrected chi connectivity index (χ3v) is 3.98. The van der Waals surface area contributed by atoms with E-state index in [0.29, 0.717) is 34.8 Å². The molecule has 0 aliphatic heterocycles. The van der Waals surface area contributed by atoms with Gasteiger partial charge in [-0.2, -0.15) is 4.98 Å². The topological polar surface area (TPSA) is 92.8 Å². The molecule has 7 nitrogen and oxygen atoms in total. The van der Waals surface area contributed by atoms with E-state index in [1.807, 2.05) is 49.4 Å². The maximum Gasteiger partial charge on any atom is 0.262 e. The lowest BCUT2D eigenvalue weighted by Gasteiger charge is -2.09. The molecule has 4 rings (SSSR count). The number of aromatic amines is 1. The smallest absolute Gasteiger partial charge is 0.262 e. The van der Waals surface area contributed by atoms with E-state index in [1.165, 1.54) is 0 Å². The van der Waals surface area contributed by atoms with Crippen molar-refractivity contribution in [1.82, 2.24) is 19.9 Å². The van der Waals surface area contributed by atoms with E-state index in [0.717, 1.165) is 11.4 Å². The first kappa shape index (κ1) is 16.7. The van der Waals surface area contributed by atoms with E-state index in [1.54, 1.807) is 18.5 Å². The van der Waals surface area contributed by atoms with Crippen LogP contribution in [-0.4, -0.2) is 26.5 Å². The Morgan fingerprint density at radius 2 is 1.89 bits per heavy atom. The molecule has 0 saturated carbocycles. The standard InChI is InChI=1S/C20H17N5O2/c1-2-27-14-8-6-13(7-9-14)23-20-24-18-17(19(26)25-20)15(10-12-22-18)16-5-3-4-11-21-16/h3-12H,2H2,1H3,(H2,22,23,24,25,26). The molecule has 1 aromatic carbocycles. The van der Waals surface area contributed by atoms with Gasteiger partial charge in [0.15, 0.2) is 5.65 Å². The van der Waals surface area contributed by atoms with Crippen LogP contribution in [0.1, 0.15) is 6.92 Å². The van der Waals surface area contributed by atoms with Crippen LogP contribution < -0.4 is 15.6 Å². The van der Waals surface area contributed by atoms with E-state index < -0.39 is 0 Å². The van der Waals surface area contributed by atoms with Crippen molar-refractivity contribution in [3.8, 4) is 17.0 Å². The van der Waals surface area contributed by atoms with Gasteiger partial charge in [-0.25, -0.2) is 4.98 Å². The third kappa shape index (κ3) is 3.48. The zero-order valence-electron chi connectivity index (χ0n) is 14.6. The summed E-state index contributed by atoms with van der Waals surface area (Å²) in [4.78, 5) is 28.5. The predicted octanol–water partition coefficient (Wildman–Crippen LogP) is 3.52. The molecule has 2 N–H and O–H groups in total. The van der Waals surface area contributed by atoms with Gasteiger partial charge in [-0.3, -0.25) is 14.8 Å². The van der Waals surface area contributed by atoms with Crippen molar-refractivity contribution in [3.63, 3.8) is 0 Å². The Morgan fingerprint density at radius 3 is 2.63 bits per heavy atom. The number of hydrogen-bond acceptors (Lipinski definition) is 6. The van der Waals surface area contributed by atoms with Crippen LogP contribution in [-0.2, 0) is 0 Å². The van der Waals surface area contributed by atoms with Crippen LogP contribution in [0.15, 0.2) is 65.7 Å². The zero-order chi connectivity index (χ0) is 18.6. The summed E-state index contributed by atoms with van der Waals surface area (Å²) in [6, 6.07) is 14.7. The van der Waals surface area contributed by atoms with Crippen LogP contribution in [0.2, 0.25) is 0 Å². The number of H-pyrrole nitrogens is 1. The average Bonchev–Trinajstić information content (AvgIpc) is 2.70. The molecule has 0 amide bonds. The molecule has 0 aliphatic carbocycles. The van der Waals surface area contributed by atoms with Crippen LogP contribution in [0.5, 0.6) is 5.75 Å². The van der Waals surface area contributed by atoms with Crippen LogP contribution in [0.25, 0.3) is 22.3 Å². The maximum absolute atomic E-state index is 12.7. The van der Waals surface area contributed by atoms with E-state index in [9.17, 15) is 4.79 Å². The zero-order valence-corrected chi connectivity index (χ0v) is 14.6. The Hall–Kier alpha value is -3.74. The monoisotopic (exact) mass is 359 g/mol. The largest absolute Gasteiger partial charge is 0.494 e. The van der Waals surface area contributed by atoms with Gasteiger partial charge in [0.25, 0.3) is 5.56 Å². The molecule has 0 atom stereocenters. The highest BCUT2D eigenvalue weighted by atomic mass is 16.5. The average molecular weight is 359 g/mol. The first-order chi connectivity index (χ1) is 13.2. The van der Waals surface area contributed by atoms with Gasteiger partial charge in [0, 0.05) is 23.6 Å². The summed E-state index contributed by atoms with van der Waals surface area (Å²) in [5.74, 6) is 1.10. The molecular formula is C20H17N5O2. The Morgan fingerprint density at radius 1 is 1.04 bits per heavy atom. The highest BCUT2D eigenvalue weighted by Crippen LogP contribution is 2.23. The van der Waals surface area contributed by atoms with Crippen molar-refractivity contribution in [1.29, 1.82) is 0 Å². The van der Waals surface area contributed by atoms with Crippen LogP contribution in [0, 0.1) is 0 Å². The first-order valence-corrected chi connectivity index (χ1v) is 8.55. The highest BCUT2D eigenvalue weighted by Gasteiger charge is 2.12. The fourth-order valence-corrected chi connectivity index (χ4v) is 2.80. The fraction of sp³-hybridized carbons (Fsp3) is 0.100. The predicted molar refractivity (Wildman–Crippen MR) is 104 cm³/mol. The Labute approximate surface area is 155 Å². The number of fused-ring (bicyclic) bond motifs is 1. The molecule has 0 bridgehead atoms. The summed E-state index contributed by atoms with van der Waals surface area (Å²) >= 11 is 0. The lowest BCUT2D eigenvalue weighted by molar-refractivity contribution is 0.340. The van der Waals surface area contributed by atoms with Crippen molar-refractivity contribution in [3.05, 3.63) is 71.3 Å². The van der Waals surface area contributed by atoms with E-state index in [-0.39, 0.29) is 5.56 Å². The van der Waals surface area contributed by atoms with Crippen molar-refractivity contribution >= 4 is 22.7 Å². The molecule has 3 heterocycles. The van der Waals surface area contributed by atoms with Gasteiger partial charge in [0.05, 0.1) is 17.7 Å². The molecule has 3 aromatic heterocycles. The van der Waals surface area contributed by atoms with Gasteiger partial charge in [-0.1, -0.05) is 6.07 Å². The molecule has 0 unspecified atom stereocenters. The second-order valence-electron chi connectivity index (χ2n) is 5.77. The second-order valence-corrected chi connectivity index (χ2v) is 5.77. The van der Waals surface area contributed by atoms with Crippen LogP contribution >= 0.6 is 0 Å². The molecule has 27 heavy (non-hydrogen) atoms. The Kier molecular flexibility index (Phi) is 4.49. The number of rotatable bonds is 5. The summed E-state index contributed by atoms with van der Waals surface area (Å²) in [6.45, 7) is 2.54. The minimum Gasteiger partial charge on any atom is -0.494 e.